The lowest BCUT2D eigenvalue weighted by Gasteiger charge is -2.51. The van der Waals surface area contributed by atoms with Crippen LogP contribution in [0.2, 0.25) is 0 Å². The number of guanidine groups is 1. The Morgan fingerprint density at radius 2 is 2.05 bits per heavy atom. The van der Waals surface area contributed by atoms with Crippen molar-refractivity contribution >= 4 is 11.6 Å². The van der Waals surface area contributed by atoms with Crippen LogP contribution in [-0.4, -0.2) is 18.0 Å². The molecule has 1 aliphatic carbocycles. The molecule has 0 amide bonds. The summed E-state index contributed by atoms with van der Waals surface area (Å²) in [4.78, 5) is 6.94. The van der Waals surface area contributed by atoms with Crippen LogP contribution in [0.4, 0.5) is 5.69 Å². The summed E-state index contributed by atoms with van der Waals surface area (Å²) in [5.74, 6) is 1.28. The van der Waals surface area contributed by atoms with Gasteiger partial charge in [0.05, 0.1) is 12.1 Å². The second kappa shape index (κ2) is 4.75. The van der Waals surface area contributed by atoms with Crippen LogP contribution in [0.5, 0.6) is 0 Å². The van der Waals surface area contributed by atoms with Gasteiger partial charge in [-0.05, 0) is 55.2 Å². The molecule has 114 valence electrons. The van der Waals surface area contributed by atoms with Gasteiger partial charge in [-0.3, -0.25) is 4.99 Å². The van der Waals surface area contributed by atoms with Gasteiger partial charge >= 0.3 is 0 Å². The van der Waals surface area contributed by atoms with E-state index in [1.54, 1.807) is 0 Å². The summed E-state index contributed by atoms with van der Waals surface area (Å²) >= 11 is 0. The van der Waals surface area contributed by atoms with Gasteiger partial charge in [-0.25, -0.2) is 0 Å². The first-order valence-corrected chi connectivity index (χ1v) is 8.01. The van der Waals surface area contributed by atoms with E-state index in [9.17, 15) is 0 Å². The third-order valence-electron chi connectivity index (χ3n) is 5.46. The van der Waals surface area contributed by atoms with Gasteiger partial charge in [-0.2, -0.15) is 0 Å². The Morgan fingerprint density at radius 1 is 1.29 bits per heavy atom. The smallest absolute Gasteiger partial charge is 0.196 e. The minimum atomic E-state index is 0.0768. The summed E-state index contributed by atoms with van der Waals surface area (Å²) in [5.41, 5.74) is 9.24. The van der Waals surface area contributed by atoms with Crippen molar-refractivity contribution in [3.63, 3.8) is 0 Å². The molecule has 1 fully saturated rings. The molecule has 1 heterocycles. The third kappa shape index (κ3) is 2.33. The highest BCUT2D eigenvalue weighted by Crippen LogP contribution is 2.49. The topological polar surface area (TPSA) is 41.6 Å². The van der Waals surface area contributed by atoms with Crippen LogP contribution in [0.25, 0.3) is 0 Å². The molecule has 2 unspecified atom stereocenters. The van der Waals surface area contributed by atoms with Gasteiger partial charge in [0.25, 0.3) is 0 Å². The fourth-order valence-electron chi connectivity index (χ4n) is 4.23. The molecule has 21 heavy (non-hydrogen) atoms. The zero-order valence-electron chi connectivity index (χ0n) is 13.7. The van der Waals surface area contributed by atoms with Crippen LogP contribution in [-0.2, 0) is 0 Å². The summed E-state index contributed by atoms with van der Waals surface area (Å²) in [6.45, 7) is 10.1. The Hall–Kier alpha value is -1.51. The number of rotatable bonds is 1. The molecule has 0 aromatic heterocycles. The lowest BCUT2D eigenvalue weighted by molar-refractivity contribution is 0.114. The van der Waals surface area contributed by atoms with Crippen LogP contribution in [0, 0.1) is 18.3 Å². The van der Waals surface area contributed by atoms with Crippen molar-refractivity contribution in [2.45, 2.75) is 52.5 Å². The van der Waals surface area contributed by atoms with Crippen LogP contribution in [0.3, 0.4) is 0 Å². The molecule has 2 atom stereocenters. The lowest BCUT2D eigenvalue weighted by Crippen LogP contribution is -2.59. The van der Waals surface area contributed by atoms with Gasteiger partial charge in [-0.15, -0.1) is 0 Å². The van der Waals surface area contributed by atoms with Crippen molar-refractivity contribution in [3.05, 3.63) is 29.8 Å². The molecular weight excluding hydrogens is 258 g/mol. The molecule has 0 radical (unpaired) electrons. The normalized spacial score (nSPS) is 31.5. The van der Waals surface area contributed by atoms with E-state index in [1.165, 1.54) is 30.5 Å². The van der Waals surface area contributed by atoms with Crippen molar-refractivity contribution < 1.29 is 0 Å². The molecule has 1 aromatic rings. The first kappa shape index (κ1) is 14.4. The second-order valence-electron chi connectivity index (χ2n) is 7.72. The summed E-state index contributed by atoms with van der Waals surface area (Å²) in [6, 6.07) is 8.63. The summed E-state index contributed by atoms with van der Waals surface area (Å²) in [7, 11) is 0. The number of aliphatic imine (C=N–C) groups is 1. The maximum absolute atomic E-state index is 6.27. The van der Waals surface area contributed by atoms with E-state index < -0.39 is 0 Å². The predicted molar refractivity (Wildman–Crippen MR) is 89.7 cm³/mol. The Bertz CT molecular complexity index is 576. The molecule has 0 bridgehead atoms. The van der Waals surface area contributed by atoms with E-state index in [1.807, 2.05) is 0 Å². The third-order valence-corrected chi connectivity index (χ3v) is 5.46. The van der Waals surface area contributed by atoms with Crippen molar-refractivity contribution in [2.75, 3.05) is 11.4 Å². The lowest BCUT2D eigenvalue weighted by atomic mass is 9.63. The SMILES string of the molecule is Cc1cccc(N2C(N)=NCC23CCC(C)(C)CC3C)c1. The zero-order chi connectivity index (χ0) is 15.3. The predicted octanol–water partition coefficient (Wildman–Crippen LogP) is 3.71. The molecule has 2 N–H and O–H groups in total. The highest BCUT2D eigenvalue weighted by Gasteiger charge is 2.51. The number of nitrogens with two attached hydrogens (primary N) is 1. The van der Waals surface area contributed by atoms with E-state index >= 15 is 0 Å². The standard InChI is InChI=1S/C18H27N3/c1-13-6-5-7-15(10-13)21-16(19)20-12-18(21)9-8-17(3,4)11-14(18)2/h5-7,10,14H,8-9,11-12H2,1-4H3,(H2,19,20). The maximum atomic E-state index is 6.27. The number of hydrogen-bond acceptors (Lipinski definition) is 3. The Labute approximate surface area is 128 Å². The number of anilines is 1. The summed E-state index contributed by atoms with van der Waals surface area (Å²) < 4.78 is 0. The van der Waals surface area contributed by atoms with Gasteiger partial charge in [0.2, 0.25) is 0 Å². The van der Waals surface area contributed by atoms with E-state index in [2.05, 4.69) is 61.9 Å². The average Bonchev–Trinajstić information content (AvgIpc) is 2.73. The van der Waals surface area contributed by atoms with E-state index in [0.29, 0.717) is 17.3 Å². The first-order chi connectivity index (χ1) is 9.84. The van der Waals surface area contributed by atoms with Crippen LogP contribution < -0.4 is 10.6 Å². The van der Waals surface area contributed by atoms with Gasteiger partial charge in [0.1, 0.15) is 0 Å². The van der Waals surface area contributed by atoms with E-state index in [4.69, 9.17) is 5.73 Å². The van der Waals surface area contributed by atoms with E-state index in [0.717, 1.165) is 6.54 Å². The molecule has 0 saturated heterocycles. The van der Waals surface area contributed by atoms with Gasteiger partial charge in [0, 0.05) is 5.69 Å². The molecule has 3 nitrogen and oxygen atoms in total. The zero-order valence-corrected chi connectivity index (χ0v) is 13.7. The molecule has 1 spiro atoms. The van der Waals surface area contributed by atoms with Crippen LogP contribution in [0.15, 0.2) is 29.3 Å². The number of hydrogen-bond donors (Lipinski definition) is 1. The fourth-order valence-corrected chi connectivity index (χ4v) is 4.23. The second-order valence-corrected chi connectivity index (χ2v) is 7.72. The highest BCUT2D eigenvalue weighted by atomic mass is 15.4. The van der Waals surface area contributed by atoms with Gasteiger partial charge in [0.15, 0.2) is 5.96 Å². The number of aryl methyl sites for hydroxylation is 1. The minimum absolute atomic E-state index is 0.0768. The average molecular weight is 285 g/mol. The van der Waals surface area contributed by atoms with Crippen molar-refractivity contribution in [1.82, 2.24) is 0 Å². The number of benzene rings is 1. The van der Waals surface area contributed by atoms with Gasteiger partial charge < -0.3 is 10.6 Å². The quantitative estimate of drug-likeness (QED) is 0.854. The molecular formula is C18H27N3. The van der Waals surface area contributed by atoms with Gasteiger partial charge in [-0.1, -0.05) is 32.9 Å². The minimum Gasteiger partial charge on any atom is -0.369 e. The molecule has 3 heteroatoms. The molecule has 2 aliphatic rings. The summed E-state index contributed by atoms with van der Waals surface area (Å²) in [6.07, 6.45) is 3.64. The highest BCUT2D eigenvalue weighted by molar-refractivity contribution is 5.98. The molecule has 1 saturated carbocycles. The Morgan fingerprint density at radius 3 is 2.71 bits per heavy atom. The Balaban J connectivity index is 1.99. The molecule has 1 aliphatic heterocycles. The van der Waals surface area contributed by atoms with Crippen LogP contribution >= 0.6 is 0 Å². The van der Waals surface area contributed by atoms with Crippen LogP contribution in [0.1, 0.15) is 45.6 Å². The Kier molecular flexibility index (Phi) is 3.27. The fraction of sp³-hybridized carbons (Fsp3) is 0.611. The monoisotopic (exact) mass is 285 g/mol. The molecule has 3 rings (SSSR count). The van der Waals surface area contributed by atoms with Crippen molar-refractivity contribution in [1.29, 1.82) is 0 Å². The molecule has 1 aromatic carbocycles. The van der Waals surface area contributed by atoms with Crippen molar-refractivity contribution in [2.24, 2.45) is 22.1 Å². The van der Waals surface area contributed by atoms with Crippen molar-refractivity contribution in [3.8, 4) is 0 Å². The largest absolute Gasteiger partial charge is 0.369 e. The summed E-state index contributed by atoms with van der Waals surface area (Å²) in [5, 5.41) is 0. The number of nitrogens with zero attached hydrogens (tertiary/aromatic N) is 2. The first-order valence-electron chi connectivity index (χ1n) is 8.01. The van der Waals surface area contributed by atoms with E-state index in [-0.39, 0.29) is 5.54 Å². The maximum Gasteiger partial charge on any atom is 0.196 e.